The molecule has 5 nitrogen and oxygen atoms in total. The summed E-state index contributed by atoms with van der Waals surface area (Å²) in [7, 11) is 0. The predicted octanol–water partition coefficient (Wildman–Crippen LogP) is 3.78. The van der Waals surface area contributed by atoms with E-state index in [0.29, 0.717) is 0 Å². The van der Waals surface area contributed by atoms with Gasteiger partial charge in [0.2, 0.25) is 0 Å². The van der Waals surface area contributed by atoms with Crippen LogP contribution in [0.4, 0.5) is 0 Å². The van der Waals surface area contributed by atoms with Gasteiger partial charge in [-0.1, -0.05) is 47.6 Å². The second-order valence-electron chi connectivity index (χ2n) is 3.95. The topological polar surface area (TPSA) is 86.1 Å². The third-order valence-corrected chi connectivity index (χ3v) is 2.76. The minimum Gasteiger partial charge on any atom is -0.478 e. The molecule has 94 valence electrons. The summed E-state index contributed by atoms with van der Waals surface area (Å²) in [6, 6.07) is 15.2. The number of hydrogen-bond acceptors (Lipinski definition) is 2. The van der Waals surface area contributed by atoms with Crippen LogP contribution in [0.2, 0.25) is 0 Å². The number of benzene rings is 2. The summed E-state index contributed by atoms with van der Waals surface area (Å²) >= 11 is 0. The highest BCUT2D eigenvalue weighted by Gasteiger charge is 2.12. The molecule has 0 saturated heterocycles. The summed E-state index contributed by atoms with van der Waals surface area (Å²) in [5.74, 6) is -0.980. The molecular weight excluding hydrogens is 242 g/mol. The minimum atomic E-state index is -0.980. The van der Waals surface area contributed by atoms with Crippen LogP contribution < -0.4 is 0 Å². The smallest absolute Gasteiger partial charge is 0.335 e. The largest absolute Gasteiger partial charge is 0.478 e. The molecule has 0 aliphatic heterocycles. The fourth-order valence-electron chi connectivity index (χ4n) is 1.82. The van der Waals surface area contributed by atoms with Gasteiger partial charge in [-0.25, -0.2) is 4.79 Å². The van der Waals surface area contributed by atoms with Gasteiger partial charge in [0.15, 0.2) is 0 Å². The number of nitrogens with zero attached hydrogens (tertiary/aromatic N) is 3. The molecule has 0 heterocycles. The predicted molar refractivity (Wildman–Crippen MR) is 70.8 cm³/mol. The lowest BCUT2D eigenvalue weighted by atomic mass is 9.98. The standard InChI is InChI=1S/C14H11N3O2/c15-17-16-13(10-4-2-1-3-5-10)11-6-8-12(9-7-11)14(18)19/h1-9,13H,(H,18,19). The van der Waals surface area contributed by atoms with Crippen LogP contribution in [-0.2, 0) is 0 Å². The van der Waals surface area contributed by atoms with Crippen molar-refractivity contribution >= 4 is 5.97 Å². The van der Waals surface area contributed by atoms with Crippen LogP contribution in [0.25, 0.3) is 10.4 Å². The molecule has 0 aliphatic carbocycles. The van der Waals surface area contributed by atoms with Crippen molar-refractivity contribution in [3.05, 3.63) is 81.7 Å². The fourth-order valence-corrected chi connectivity index (χ4v) is 1.82. The van der Waals surface area contributed by atoms with E-state index in [1.54, 1.807) is 12.1 Å². The third kappa shape index (κ3) is 2.91. The maximum Gasteiger partial charge on any atom is 0.335 e. The van der Waals surface area contributed by atoms with Crippen LogP contribution in [0, 0.1) is 0 Å². The second kappa shape index (κ2) is 5.71. The molecule has 0 spiro atoms. The number of aromatic carboxylic acids is 1. The van der Waals surface area contributed by atoms with Crippen molar-refractivity contribution in [3.8, 4) is 0 Å². The zero-order chi connectivity index (χ0) is 13.7. The van der Waals surface area contributed by atoms with Gasteiger partial charge < -0.3 is 5.11 Å². The monoisotopic (exact) mass is 253 g/mol. The van der Waals surface area contributed by atoms with Gasteiger partial charge in [0.25, 0.3) is 0 Å². The molecule has 0 bridgehead atoms. The van der Waals surface area contributed by atoms with Gasteiger partial charge in [0.05, 0.1) is 11.6 Å². The molecule has 0 aromatic heterocycles. The van der Waals surface area contributed by atoms with E-state index >= 15 is 0 Å². The van der Waals surface area contributed by atoms with Crippen LogP contribution >= 0.6 is 0 Å². The molecule has 1 unspecified atom stereocenters. The Kier molecular flexibility index (Phi) is 3.81. The SMILES string of the molecule is [N-]=[N+]=NC(c1ccccc1)c1ccc(C(=O)O)cc1. The summed E-state index contributed by atoms with van der Waals surface area (Å²) in [6.45, 7) is 0. The summed E-state index contributed by atoms with van der Waals surface area (Å²) in [6.07, 6.45) is 0. The Morgan fingerprint density at radius 3 is 2.16 bits per heavy atom. The highest BCUT2D eigenvalue weighted by atomic mass is 16.4. The third-order valence-electron chi connectivity index (χ3n) is 2.76. The van der Waals surface area contributed by atoms with Gasteiger partial charge in [-0.15, -0.1) is 0 Å². The van der Waals surface area contributed by atoms with E-state index in [1.807, 2.05) is 30.3 Å². The van der Waals surface area contributed by atoms with Crippen LogP contribution in [0.15, 0.2) is 59.7 Å². The summed E-state index contributed by atoms with van der Waals surface area (Å²) in [5.41, 5.74) is 10.5. The Labute approximate surface area is 109 Å². The van der Waals surface area contributed by atoms with Crippen molar-refractivity contribution in [1.29, 1.82) is 0 Å². The lowest BCUT2D eigenvalue weighted by Crippen LogP contribution is -2.00. The van der Waals surface area contributed by atoms with Crippen LogP contribution in [0.1, 0.15) is 27.5 Å². The average Bonchev–Trinajstić information content (AvgIpc) is 2.46. The van der Waals surface area contributed by atoms with Gasteiger partial charge in [0.1, 0.15) is 0 Å². The van der Waals surface area contributed by atoms with Crippen molar-refractivity contribution in [2.24, 2.45) is 5.11 Å². The molecule has 2 aromatic carbocycles. The van der Waals surface area contributed by atoms with Gasteiger partial charge in [0, 0.05) is 4.91 Å². The van der Waals surface area contributed by atoms with Crippen molar-refractivity contribution < 1.29 is 9.90 Å². The number of hydrogen-bond donors (Lipinski definition) is 1. The van der Waals surface area contributed by atoms with Crippen molar-refractivity contribution in [1.82, 2.24) is 0 Å². The van der Waals surface area contributed by atoms with E-state index in [-0.39, 0.29) is 5.56 Å². The first kappa shape index (κ1) is 12.7. The molecule has 0 saturated carbocycles. The first-order valence-electron chi connectivity index (χ1n) is 5.65. The number of carboxylic acid groups (broad SMARTS) is 1. The first-order valence-corrected chi connectivity index (χ1v) is 5.65. The lowest BCUT2D eigenvalue weighted by Gasteiger charge is -2.12. The Balaban J connectivity index is 2.40. The van der Waals surface area contributed by atoms with Crippen LogP contribution in [0.5, 0.6) is 0 Å². The molecule has 0 aliphatic rings. The van der Waals surface area contributed by atoms with Crippen molar-refractivity contribution in [3.63, 3.8) is 0 Å². The van der Waals surface area contributed by atoms with Crippen LogP contribution in [0.3, 0.4) is 0 Å². The molecule has 0 fully saturated rings. The van der Waals surface area contributed by atoms with E-state index in [2.05, 4.69) is 10.0 Å². The Bertz CT molecular complexity index is 617. The van der Waals surface area contributed by atoms with E-state index in [9.17, 15) is 4.79 Å². The van der Waals surface area contributed by atoms with Gasteiger partial charge in [-0.05, 0) is 28.8 Å². The van der Waals surface area contributed by atoms with E-state index < -0.39 is 12.0 Å². The maximum atomic E-state index is 10.8. The Morgan fingerprint density at radius 2 is 1.63 bits per heavy atom. The lowest BCUT2D eigenvalue weighted by molar-refractivity contribution is 0.0697. The van der Waals surface area contributed by atoms with E-state index in [0.717, 1.165) is 11.1 Å². The molecule has 0 amide bonds. The maximum absolute atomic E-state index is 10.8. The highest BCUT2D eigenvalue weighted by Crippen LogP contribution is 2.26. The average molecular weight is 253 g/mol. The Morgan fingerprint density at radius 1 is 1.05 bits per heavy atom. The molecule has 2 rings (SSSR count). The number of carboxylic acids is 1. The van der Waals surface area contributed by atoms with Crippen molar-refractivity contribution in [2.45, 2.75) is 6.04 Å². The molecule has 5 heteroatoms. The number of carbonyl (C=O) groups is 1. The van der Waals surface area contributed by atoms with E-state index in [1.165, 1.54) is 12.1 Å². The second-order valence-corrected chi connectivity index (χ2v) is 3.95. The minimum absolute atomic E-state index is 0.205. The summed E-state index contributed by atoms with van der Waals surface area (Å²) in [5, 5.41) is 12.6. The van der Waals surface area contributed by atoms with Gasteiger partial charge in [-0.3, -0.25) is 0 Å². The Hall–Kier alpha value is -2.78. The summed E-state index contributed by atoms with van der Waals surface area (Å²) in [4.78, 5) is 13.7. The zero-order valence-electron chi connectivity index (χ0n) is 9.97. The van der Waals surface area contributed by atoms with Gasteiger partial charge >= 0.3 is 5.97 Å². The zero-order valence-corrected chi connectivity index (χ0v) is 9.97. The molecule has 19 heavy (non-hydrogen) atoms. The molecular formula is C14H11N3O2. The molecule has 1 atom stereocenters. The quantitative estimate of drug-likeness (QED) is 0.510. The normalized spacial score (nSPS) is 11.4. The molecule has 2 aromatic rings. The fraction of sp³-hybridized carbons (Fsp3) is 0.0714. The highest BCUT2D eigenvalue weighted by molar-refractivity contribution is 5.87. The molecule has 1 N–H and O–H groups in total. The molecule has 0 radical (unpaired) electrons. The van der Waals surface area contributed by atoms with Crippen LogP contribution in [-0.4, -0.2) is 11.1 Å². The number of rotatable bonds is 4. The first-order chi connectivity index (χ1) is 9.22. The summed E-state index contributed by atoms with van der Waals surface area (Å²) < 4.78 is 0. The number of azide groups is 1. The van der Waals surface area contributed by atoms with Crippen molar-refractivity contribution in [2.75, 3.05) is 0 Å². The van der Waals surface area contributed by atoms with Gasteiger partial charge in [-0.2, -0.15) is 0 Å². The van der Waals surface area contributed by atoms with E-state index in [4.69, 9.17) is 10.6 Å².